The van der Waals surface area contributed by atoms with E-state index in [0.29, 0.717) is 16.4 Å². The van der Waals surface area contributed by atoms with Crippen LogP contribution in [0.2, 0.25) is 0 Å². The van der Waals surface area contributed by atoms with E-state index in [1.807, 2.05) is 18.4 Å². The third-order valence-electron chi connectivity index (χ3n) is 5.48. The lowest BCUT2D eigenvalue weighted by molar-refractivity contribution is 0.0820. The first-order chi connectivity index (χ1) is 13.3. The molecule has 8 heteroatoms. The highest BCUT2D eigenvalue weighted by molar-refractivity contribution is 7.90. The van der Waals surface area contributed by atoms with Crippen LogP contribution < -0.4 is 0 Å². The Balaban J connectivity index is 1.59. The van der Waals surface area contributed by atoms with Crippen molar-refractivity contribution in [1.29, 1.82) is 0 Å². The van der Waals surface area contributed by atoms with Gasteiger partial charge in [-0.3, -0.25) is 9.59 Å². The summed E-state index contributed by atoms with van der Waals surface area (Å²) in [6.07, 6.45) is 2.15. The van der Waals surface area contributed by atoms with Gasteiger partial charge < -0.3 is 9.30 Å². The molecule has 1 amide bonds. The van der Waals surface area contributed by atoms with Crippen molar-refractivity contribution in [3.8, 4) is 0 Å². The molecule has 0 N–H and O–H groups in total. The van der Waals surface area contributed by atoms with Crippen molar-refractivity contribution >= 4 is 21.7 Å². The van der Waals surface area contributed by atoms with E-state index >= 15 is 0 Å². The zero-order valence-corrected chi connectivity index (χ0v) is 16.7. The summed E-state index contributed by atoms with van der Waals surface area (Å²) in [7, 11) is -4.00. The molecule has 0 aliphatic carbocycles. The molecule has 2 aliphatic rings. The van der Waals surface area contributed by atoms with Gasteiger partial charge in [-0.25, -0.2) is 12.7 Å². The summed E-state index contributed by atoms with van der Waals surface area (Å²) in [5, 5.41) is 0. The SMILES string of the molecule is Cc1cc(C(=O)CN2C(=O)c3ccccc3S2(=O)=O)c(C)n1C[C@H]1CCCO1. The van der Waals surface area contributed by atoms with Gasteiger partial charge in [0.2, 0.25) is 0 Å². The quantitative estimate of drug-likeness (QED) is 0.717. The van der Waals surface area contributed by atoms with E-state index in [0.717, 1.165) is 30.8 Å². The maximum absolute atomic E-state index is 12.9. The molecule has 0 radical (unpaired) electrons. The molecule has 1 saturated heterocycles. The van der Waals surface area contributed by atoms with Gasteiger partial charge in [0.15, 0.2) is 5.78 Å². The Morgan fingerprint density at radius 1 is 1.25 bits per heavy atom. The number of aromatic nitrogens is 1. The Kier molecular flexibility index (Phi) is 4.63. The molecule has 2 aliphatic heterocycles. The van der Waals surface area contributed by atoms with Gasteiger partial charge in [-0.1, -0.05) is 12.1 Å². The molecule has 4 rings (SSSR count). The third-order valence-corrected chi connectivity index (χ3v) is 7.27. The van der Waals surface area contributed by atoms with E-state index in [4.69, 9.17) is 4.74 Å². The largest absolute Gasteiger partial charge is 0.376 e. The monoisotopic (exact) mass is 402 g/mol. The molecule has 7 nitrogen and oxygen atoms in total. The second-order valence-electron chi connectivity index (χ2n) is 7.27. The van der Waals surface area contributed by atoms with E-state index in [-0.39, 0.29) is 16.6 Å². The first-order valence-electron chi connectivity index (χ1n) is 9.28. The highest BCUT2D eigenvalue weighted by Gasteiger charge is 2.42. The summed E-state index contributed by atoms with van der Waals surface area (Å²) < 4.78 is 33.7. The number of amides is 1. The van der Waals surface area contributed by atoms with Crippen molar-refractivity contribution in [2.24, 2.45) is 0 Å². The summed E-state index contributed by atoms with van der Waals surface area (Å²) in [4.78, 5) is 25.4. The Morgan fingerprint density at radius 2 is 2.00 bits per heavy atom. The third kappa shape index (κ3) is 2.97. The van der Waals surface area contributed by atoms with E-state index in [2.05, 4.69) is 0 Å². The summed E-state index contributed by atoms with van der Waals surface area (Å²) in [6.45, 7) is 4.67. The van der Waals surface area contributed by atoms with Crippen LogP contribution in [0, 0.1) is 13.8 Å². The molecule has 0 saturated carbocycles. The Morgan fingerprint density at radius 3 is 2.68 bits per heavy atom. The smallest absolute Gasteiger partial charge is 0.269 e. The molecule has 28 heavy (non-hydrogen) atoms. The number of nitrogens with zero attached hydrogens (tertiary/aromatic N) is 2. The van der Waals surface area contributed by atoms with Crippen molar-refractivity contribution in [1.82, 2.24) is 8.87 Å². The molecule has 0 bridgehead atoms. The molecule has 1 aromatic heterocycles. The average Bonchev–Trinajstić information content (AvgIpc) is 3.33. The highest BCUT2D eigenvalue weighted by atomic mass is 32.2. The number of rotatable bonds is 5. The van der Waals surface area contributed by atoms with Crippen molar-refractivity contribution in [3.63, 3.8) is 0 Å². The number of hydrogen-bond acceptors (Lipinski definition) is 5. The number of hydrogen-bond donors (Lipinski definition) is 0. The second-order valence-corrected chi connectivity index (χ2v) is 9.10. The van der Waals surface area contributed by atoms with Crippen LogP contribution in [0.25, 0.3) is 0 Å². The van der Waals surface area contributed by atoms with Gasteiger partial charge in [0.1, 0.15) is 11.4 Å². The fraction of sp³-hybridized carbons (Fsp3) is 0.400. The minimum Gasteiger partial charge on any atom is -0.376 e. The van der Waals surface area contributed by atoms with Crippen molar-refractivity contribution < 1.29 is 22.7 Å². The van der Waals surface area contributed by atoms with Gasteiger partial charge >= 0.3 is 0 Å². The van der Waals surface area contributed by atoms with Crippen molar-refractivity contribution in [2.75, 3.05) is 13.2 Å². The Hall–Kier alpha value is -2.45. The molecule has 2 aromatic rings. The van der Waals surface area contributed by atoms with Crippen LogP contribution in [0.15, 0.2) is 35.2 Å². The second kappa shape index (κ2) is 6.86. The van der Waals surface area contributed by atoms with Gasteiger partial charge in [-0.15, -0.1) is 0 Å². The molecular weight excluding hydrogens is 380 g/mol. The van der Waals surface area contributed by atoms with Crippen LogP contribution in [0.5, 0.6) is 0 Å². The molecule has 3 heterocycles. The molecule has 148 valence electrons. The number of Topliss-reactive ketones (excluding diaryl/α,β-unsaturated/α-hetero) is 1. The highest BCUT2D eigenvalue weighted by Crippen LogP contribution is 2.30. The topological polar surface area (TPSA) is 85.7 Å². The van der Waals surface area contributed by atoms with Crippen LogP contribution in [-0.2, 0) is 21.3 Å². The summed E-state index contributed by atoms with van der Waals surface area (Å²) >= 11 is 0. The van der Waals surface area contributed by atoms with Gasteiger partial charge in [0.05, 0.1) is 11.7 Å². The maximum Gasteiger partial charge on any atom is 0.269 e. The number of benzene rings is 1. The lowest BCUT2D eigenvalue weighted by Crippen LogP contribution is -2.35. The minimum atomic E-state index is -4.00. The minimum absolute atomic E-state index is 0.0448. The number of aryl methyl sites for hydroxylation is 1. The van der Waals surface area contributed by atoms with Gasteiger partial charge in [0.25, 0.3) is 15.9 Å². The maximum atomic E-state index is 12.9. The predicted octanol–water partition coefficient (Wildman–Crippen LogP) is 2.31. The van der Waals surface area contributed by atoms with E-state index in [1.165, 1.54) is 12.1 Å². The average molecular weight is 402 g/mol. The van der Waals surface area contributed by atoms with Gasteiger partial charge in [0, 0.05) is 30.1 Å². The number of carbonyl (C=O) groups is 2. The van der Waals surface area contributed by atoms with Gasteiger partial charge in [-0.05, 0) is 44.9 Å². The standard InChI is InChI=1S/C20H22N2O5S/c1-13-10-17(14(2)21(13)11-15-6-5-9-27-15)18(23)12-22-20(24)16-7-3-4-8-19(16)28(22,25)26/h3-4,7-8,10,15H,5-6,9,11-12H2,1-2H3/t15-/m1/s1. The summed E-state index contributed by atoms with van der Waals surface area (Å²) in [5.74, 6) is -1.05. The van der Waals surface area contributed by atoms with Crippen LogP contribution in [0.3, 0.4) is 0 Å². The van der Waals surface area contributed by atoms with Crippen LogP contribution in [-0.4, -0.2) is 48.2 Å². The fourth-order valence-electron chi connectivity index (χ4n) is 3.96. The van der Waals surface area contributed by atoms with Crippen molar-refractivity contribution in [3.05, 3.63) is 52.8 Å². The fourth-order valence-corrected chi connectivity index (χ4v) is 5.48. The van der Waals surface area contributed by atoms with Crippen LogP contribution in [0.1, 0.15) is 44.9 Å². The predicted molar refractivity (Wildman–Crippen MR) is 102 cm³/mol. The van der Waals surface area contributed by atoms with E-state index in [1.54, 1.807) is 18.2 Å². The van der Waals surface area contributed by atoms with Crippen LogP contribution in [0.4, 0.5) is 0 Å². The zero-order valence-electron chi connectivity index (χ0n) is 15.8. The summed E-state index contributed by atoms with van der Waals surface area (Å²) in [5.41, 5.74) is 2.23. The first kappa shape index (κ1) is 18.9. The van der Waals surface area contributed by atoms with Crippen LogP contribution >= 0.6 is 0 Å². The molecule has 0 unspecified atom stereocenters. The first-order valence-corrected chi connectivity index (χ1v) is 10.7. The summed E-state index contributed by atoms with van der Waals surface area (Å²) in [6, 6.07) is 7.78. The normalized spacial score (nSPS) is 20.6. The number of ketones is 1. The number of fused-ring (bicyclic) bond motifs is 1. The zero-order chi connectivity index (χ0) is 20.1. The number of sulfonamides is 1. The molecular formula is C20H22N2O5S. The number of carbonyl (C=O) groups excluding carboxylic acids is 2. The molecule has 0 spiro atoms. The van der Waals surface area contributed by atoms with Gasteiger partial charge in [-0.2, -0.15) is 0 Å². The van der Waals surface area contributed by atoms with E-state index < -0.39 is 28.3 Å². The Labute approximate surface area is 164 Å². The number of ether oxygens (including phenoxy) is 1. The molecule has 1 atom stereocenters. The molecule has 1 fully saturated rings. The van der Waals surface area contributed by atoms with Crippen molar-refractivity contribution in [2.45, 2.75) is 44.2 Å². The lowest BCUT2D eigenvalue weighted by atomic mass is 10.1. The van der Waals surface area contributed by atoms with E-state index in [9.17, 15) is 18.0 Å². The lowest BCUT2D eigenvalue weighted by Gasteiger charge is -2.16. The Bertz CT molecular complexity index is 1060. The molecule has 1 aromatic carbocycles.